The molecule has 13 heteroatoms. The van der Waals surface area contributed by atoms with Crippen molar-refractivity contribution in [3.05, 3.63) is 45.9 Å². The monoisotopic (exact) mass is 539 g/mol. The van der Waals surface area contributed by atoms with E-state index in [2.05, 4.69) is 30.2 Å². The molecule has 0 atom stereocenters. The Balaban J connectivity index is 1.26. The van der Waals surface area contributed by atoms with Crippen molar-refractivity contribution >= 4 is 51.9 Å². The van der Waals surface area contributed by atoms with Crippen molar-refractivity contribution in [1.82, 2.24) is 30.1 Å². The second kappa shape index (κ2) is 9.76. The molecule has 2 fully saturated rings. The Morgan fingerprint density at radius 3 is 2.63 bits per heavy atom. The summed E-state index contributed by atoms with van der Waals surface area (Å²) in [4.78, 5) is 39.6. The molecule has 2 aliphatic rings. The SMILES string of the molecule is Cc1c(C)n(CCO)c2ccc(C(=O)N3CCC4(CC3)CN/C(=N\C(=O)c3nc(Cl)c(N)nc3N)N4)cc12. The molecule has 1 spiro atoms. The highest BCUT2D eigenvalue weighted by Crippen LogP contribution is 2.29. The Kier molecular flexibility index (Phi) is 6.61. The summed E-state index contributed by atoms with van der Waals surface area (Å²) in [5.74, 6) is -0.596. The van der Waals surface area contributed by atoms with Crippen molar-refractivity contribution in [1.29, 1.82) is 0 Å². The molecular weight excluding hydrogens is 510 g/mol. The number of benzene rings is 1. The fourth-order valence-electron chi connectivity index (χ4n) is 5.21. The summed E-state index contributed by atoms with van der Waals surface area (Å²) < 4.78 is 2.08. The van der Waals surface area contributed by atoms with E-state index in [1.165, 1.54) is 0 Å². The van der Waals surface area contributed by atoms with Gasteiger partial charge in [-0.2, -0.15) is 4.99 Å². The first-order chi connectivity index (χ1) is 18.1. The van der Waals surface area contributed by atoms with E-state index in [1.54, 1.807) is 0 Å². The Labute approximate surface area is 224 Å². The van der Waals surface area contributed by atoms with Gasteiger partial charge in [0.25, 0.3) is 5.91 Å². The number of fused-ring (bicyclic) bond motifs is 1. The minimum atomic E-state index is -0.690. The van der Waals surface area contributed by atoms with Gasteiger partial charge in [-0.3, -0.25) is 9.59 Å². The number of amides is 2. The summed E-state index contributed by atoms with van der Waals surface area (Å²) in [5.41, 5.74) is 14.7. The van der Waals surface area contributed by atoms with Crippen LogP contribution in [0.2, 0.25) is 5.15 Å². The van der Waals surface area contributed by atoms with Crippen LogP contribution >= 0.6 is 11.6 Å². The van der Waals surface area contributed by atoms with Crippen LogP contribution in [0.3, 0.4) is 0 Å². The van der Waals surface area contributed by atoms with Gasteiger partial charge in [-0.15, -0.1) is 0 Å². The number of rotatable bonds is 4. The maximum absolute atomic E-state index is 13.4. The summed E-state index contributed by atoms with van der Waals surface area (Å²) in [6.45, 7) is 6.32. The predicted octanol–water partition coefficient (Wildman–Crippen LogP) is 1.22. The minimum Gasteiger partial charge on any atom is -0.395 e. The van der Waals surface area contributed by atoms with Crippen LogP contribution < -0.4 is 22.1 Å². The molecule has 38 heavy (non-hydrogen) atoms. The standard InChI is InChI=1S/C25H30ClN9O3/c1-13-14(2)35(9-10-36)17-4-3-15(11-16(13)17)23(38)34-7-5-25(6-8-34)12-29-24(33-25)32-22(37)18-20(27)31-21(28)19(26)30-18/h3-4,11,36H,5-10,12H2,1-2H3,(H4,27,28,31)(H2,29,32,33,37). The number of nitrogens with one attached hydrogen (secondary N) is 2. The number of hydrogen-bond donors (Lipinski definition) is 5. The molecular formula is C25H30ClN9O3. The molecule has 7 N–H and O–H groups in total. The third-order valence-corrected chi connectivity index (χ3v) is 7.79. The van der Waals surface area contributed by atoms with Crippen LogP contribution in [0.1, 0.15) is 44.9 Å². The number of carbonyl (C=O) groups excluding carboxylic acids is 2. The van der Waals surface area contributed by atoms with Crippen LogP contribution in [0.15, 0.2) is 23.2 Å². The predicted molar refractivity (Wildman–Crippen MR) is 145 cm³/mol. The van der Waals surface area contributed by atoms with E-state index in [-0.39, 0.29) is 40.5 Å². The summed E-state index contributed by atoms with van der Waals surface area (Å²) in [6, 6.07) is 5.75. The number of nitrogens with zero attached hydrogens (tertiary/aromatic N) is 5. The number of piperidine rings is 1. The zero-order chi connectivity index (χ0) is 27.2. The lowest BCUT2D eigenvalue weighted by Crippen LogP contribution is -2.53. The first kappa shape index (κ1) is 25.7. The van der Waals surface area contributed by atoms with Crippen molar-refractivity contribution in [2.75, 3.05) is 37.7 Å². The van der Waals surface area contributed by atoms with Gasteiger partial charge in [-0.05, 0) is 50.5 Å². The smallest absolute Gasteiger partial charge is 0.302 e. The van der Waals surface area contributed by atoms with Gasteiger partial charge in [-0.25, -0.2) is 9.97 Å². The number of aliphatic hydroxyl groups excluding tert-OH is 1. The third kappa shape index (κ3) is 4.50. The van der Waals surface area contributed by atoms with Crippen molar-refractivity contribution in [3.8, 4) is 0 Å². The number of anilines is 2. The second-order valence-electron chi connectivity index (χ2n) is 9.77. The molecule has 2 aliphatic heterocycles. The van der Waals surface area contributed by atoms with E-state index in [0.29, 0.717) is 50.5 Å². The topological polar surface area (TPSA) is 177 Å². The number of aromatic nitrogens is 3. The van der Waals surface area contributed by atoms with E-state index in [0.717, 1.165) is 22.2 Å². The fraction of sp³-hybridized carbons (Fsp3) is 0.400. The number of carbonyl (C=O) groups is 2. The summed E-state index contributed by atoms with van der Waals surface area (Å²) in [5, 5.41) is 16.8. The number of guanidine groups is 1. The van der Waals surface area contributed by atoms with Gasteiger partial charge in [0.2, 0.25) is 0 Å². The van der Waals surface area contributed by atoms with Crippen LogP contribution in [0, 0.1) is 13.8 Å². The molecule has 1 aromatic carbocycles. The molecule has 0 saturated carbocycles. The largest absolute Gasteiger partial charge is 0.395 e. The lowest BCUT2D eigenvalue weighted by Gasteiger charge is -2.38. The highest BCUT2D eigenvalue weighted by Gasteiger charge is 2.41. The average Bonchev–Trinajstić information content (AvgIpc) is 3.39. The van der Waals surface area contributed by atoms with Crippen LogP contribution in [0.5, 0.6) is 0 Å². The Morgan fingerprint density at radius 1 is 1.18 bits per heavy atom. The molecule has 0 bridgehead atoms. The van der Waals surface area contributed by atoms with Gasteiger partial charge in [0, 0.05) is 48.3 Å². The first-order valence-corrected chi connectivity index (χ1v) is 12.7. The number of aryl methyl sites for hydroxylation is 1. The van der Waals surface area contributed by atoms with Crippen molar-refractivity contribution < 1.29 is 14.7 Å². The minimum absolute atomic E-state index is 0.0157. The third-order valence-electron chi connectivity index (χ3n) is 7.52. The maximum atomic E-state index is 13.4. The van der Waals surface area contributed by atoms with Crippen LogP contribution in [-0.4, -0.2) is 74.1 Å². The van der Waals surface area contributed by atoms with Crippen LogP contribution in [-0.2, 0) is 6.54 Å². The highest BCUT2D eigenvalue weighted by atomic mass is 35.5. The van der Waals surface area contributed by atoms with Crippen LogP contribution in [0.25, 0.3) is 10.9 Å². The highest BCUT2D eigenvalue weighted by molar-refractivity contribution is 6.31. The second-order valence-corrected chi connectivity index (χ2v) is 10.1. The van der Waals surface area contributed by atoms with E-state index in [4.69, 9.17) is 23.1 Å². The molecule has 0 aliphatic carbocycles. The lowest BCUT2D eigenvalue weighted by molar-refractivity contribution is 0.0669. The molecule has 3 aromatic rings. The van der Waals surface area contributed by atoms with Crippen molar-refractivity contribution in [2.45, 2.75) is 38.8 Å². The quantitative estimate of drug-likeness (QED) is 0.326. The summed E-state index contributed by atoms with van der Waals surface area (Å²) in [7, 11) is 0. The number of likely N-dealkylation sites (tertiary alicyclic amines) is 1. The molecule has 0 unspecified atom stereocenters. The molecule has 12 nitrogen and oxygen atoms in total. The van der Waals surface area contributed by atoms with Gasteiger partial charge in [0.05, 0.1) is 12.1 Å². The zero-order valence-electron chi connectivity index (χ0n) is 21.2. The van der Waals surface area contributed by atoms with Crippen molar-refractivity contribution in [3.63, 3.8) is 0 Å². The number of nitrogen functional groups attached to an aromatic ring is 2. The maximum Gasteiger partial charge on any atom is 0.302 e. The van der Waals surface area contributed by atoms with Crippen molar-refractivity contribution in [2.24, 2.45) is 4.99 Å². The number of aliphatic imine (C=N–C) groups is 1. The molecule has 5 rings (SSSR count). The normalized spacial score (nSPS) is 17.7. The van der Waals surface area contributed by atoms with E-state index in [9.17, 15) is 14.7 Å². The number of aliphatic hydroxyl groups is 1. The van der Waals surface area contributed by atoms with Gasteiger partial charge in [0.1, 0.15) is 0 Å². The van der Waals surface area contributed by atoms with E-state index < -0.39 is 5.91 Å². The van der Waals surface area contributed by atoms with Gasteiger partial charge >= 0.3 is 5.91 Å². The van der Waals surface area contributed by atoms with Gasteiger partial charge in [-0.1, -0.05) is 11.6 Å². The number of hydrogen-bond acceptors (Lipinski definition) is 7. The summed E-state index contributed by atoms with van der Waals surface area (Å²) in [6.07, 6.45) is 1.36. The molecule has 2 aromatic heterocycles. The Hall–Kier alpha value is -3.90. The van der Waals surface area contributed by atoms with E-state index in [1.807, 2.05) is 36.9 Å². The zero-order valence-corrected chi connectivity index (χ0v) is 22.0. The van der Waals surface area contributed by atoms with Gasteiger partial charge in [0.15, 0.2) is 28.4 Å². The molecule has 4 heterocycles. The molecule has 0 radical (unpaired) electrons. The fourth-order valence-corrected chi connectivity index (χ4v) is 5.33. The average molecular weight is 540 g/mol. The molecule has 2 amide bonds. The van der Waals surface area contributed by atoms with Crippen LogP contribution in [0.4, 0.5) is 11.6 Å². The number of nitrogens with two attached hydrogens (primary N) is 2. The first-order valence-electron chi connectivity index (χ1n) is 12.4. The lowest BCUT2D eigenvalue weighted by atomic mass is 9.88. The summed E-state index contributed by atoms with van der Waals surface area (Å²) >= 11 is 5.88. The Morgan fingerprint density at radius 2 is 1.92 bits per heavy atom. The van der Waals surface area contributed by atoms with Gasteiger partial charge < -0.3 is 36.7 Å². The molecule has 200 valence electrons. The molecule has 2 saturated heterocycles. The van der Waals surface area contributed by atoms with E-state index >= 15 is 0 Å². The number of halogens is 1. The Bertz CT molecular complexity index is 1470.